The lowest BCUT2D eigenvalue weighted by Gasteiger charge is -2.75. The third-order valence-electron chi connectivity index (χ3n) is 22.5. The van der Waals surface area contributed by atoms with Gasteiger partial charge in [-0.25, -0.2) is 0 Å². The molecule has 75 heavy (non-hydrogen) atoms. The van der Waals surface area contributed by atoms with E-state index in [1.807, 2.05) is 0 Å². The zero-order valence-electron chi connectivity index (χ0n) is 44.5. The molecule has 0 aromatic rings. The molecular formula is C53H88O22. The zero-order valence-corrected chi connectivity index (χ0v) is 44.5. The summed E-state index contributed by atoms with van der Waals surface area (Å²) >= 11 is 0. The zero-order chi connectivity index (χ0) is 54.3. The Balaban J connectivity index is 0.901. The van der Waals surface area contributed by atoms with E-state index in [2.05, 4.69) is 41.5 Å². The first-order chi connectivity index (χ1) is 35.2. The Hall–Kier alpha value is -0.880. The van der Waals surface area contributed by atoms with E-state index >= 15 is 0 Å². The van der Waals surface area contributed by atoms with Crippen molar-refractivity contribution in [2.45, 2.75) is 247 Å². The molecule has 22 nitrogen and oxygen atoms in total. The summed E-state index contributed by atoms with van der Waals surface area (Å²) in [7, 11) is 0. The highest BCUT2D eigenvalue weighted by atomic mass is 16.8. The molecule has 5 saturated carbocycles. The van der Waals surface area contributed by atoms with Crippen LogP contribution >= 0.6 is 0 Å². The van der Waals surface area contributed by atoms with Gasteiger partial charge in [-0.15, -0.1) is 0 Å². The lowest BCUT2D eigenvalue weighted by molar-refractivity contribution is -0.394. The second kappa shape index (κ2) is 20.2. The molecule has 13 N–H and O–H groups in total. The molecule has 2 bridgehead atoms. The standard InChI is InChI=1S/C53H88O22/c1-23-32(58)36(62)39(65)43(69-23)75-42-38(64)34(60)25(19-55)71-46(42)72-26-20-67-45(41(35(26)61)74-44-40(66)37(63)33(59)24(18-54)70-44)73-31-10-11-49(5)27(47(31,2)3)8-12-50(6)28(49)9-13-53-29-16-48(4,21-56)14-15-52(29,22-68-53)30(57)17-51(50,53)7/h23-46,54-66H,8-22H2,1-7H3/t23-,24+,25+,26-,27-,28+,29+,30+,31-,32-,33-,34-,35-,36+,37-,38-,39+,40+,41+,42+,43-,44-,45-,46-,48+,49+,50+,51-,52+,53-/m0/s1. The van der Waals surface area contributed by atoms with E-state index in [9.17, 15) is 66.4 Å². The van der Waals surface area contributed by atoms with Gasteiger partial charge in [-0.1, -0.05) is 41.5 Å². The topological polar surface area (TPSA) is 346 Å². The van der Waals surface area contributed by atoms with Crippen LogP contribution in [0.25, 0.3) is 0 Å². The average molecular weight is 1080 g/mol. The van der Waals surface area contributed by atoms with Crippen molar-refractivity contribution in [3.63, 3.8) is 0 Å². The summed E-state index contributed by atoms with van der Waals surface area (Å²) in [4.78, 5) is 0. The first-order valence-electron chi connectivity index (χ1n) is 27.7. The molecule has 432 valence electrons. The second-order valence-electron chi connectivity index (χ2n) is 26.4. The Morgan fingerprint density at radius 3 is 1.77 bits per heavy atom. The first-order valence-corrected chi connectivity index (χ1v) is 27.7. The van der Waals surface area contributed by atoms with Gasteiger partial charge in [0.1, 0.15) is 85.5 Å². The van der Waals surface area contributed by atoms with E-state index in [0.717, 1.165) is 51.4 Å². The highest BCUT2D eigenvalue weighted by molar-refractivity contribution is 5.28. The molecule has 0 unspecified atom stereocenters. The number of fused-ring (bicyclic) bond motifs is 4. The van der Waals surface area contributed by atoms with E-state index < -0.39 is 160 Å². The number of hydrogen-bond donors (Lipinski definition) is 13. The molecule has 10 aliphatic rings. The summed E-state index contributed by atoms with van der Waals surface area (Å²) < 4.78 is 56.3. The van der Waals surface area contributed by atoms with Gasteiger partial charge in [0, 0.05) is 17.4 Å². The van der Waals surface area contributed by atoms with Crippen LogP contribution in [-0.4, -0.2) is 234 Å². The number of ether oxygens (including phenoxy) is 9. The Labute approximate surface area is 438 Å². The predicted octanol–water partition coefficient (Wildman–Crippen LogP) is -1.71. The normalized spacial score (nSPS) is 58.6. The van der Waals surface area contributed by atoms with Crippen LogP contribution in [0.4, 0.5) is 0 Å². The van der Waals surface area contributed by atoms with Gasteiger partial charge in [0.05, 0.1) is 50.3 Å². The summed E-state index contributed by atoms with van der Waals surface area (Å²) in [6.07, 6.45) is -23.9. The number of hydrogen-bond acceptors (Lipinski definition) is 22. The lowest BCUT2D eigenvalue weighted by atomic mass is 9.30. The largest absolute Gasteiger partial charge is 0.396 e. The molecule has 5 saturated heterocycles. The van der Waals surface area contributed by atoms with Gasteiger partial charge < -0.3 is 109 Å². The average Bonchev–Trinajstić information content (AvgIpc) is 3.66. The first kappa shape index (κ1) is 57.4. The van der Waals surface area contributed by atoms with Gasteiger partial charge in [-0.05, 0) is 111 Å². The monoisotopic (exact) mass is 1080 g/mol. The minimum Gasteiger partial charge on any atom is -0.396 e. The quantitative estimate of drug-likeness (QED) is 0.102. The Morgan fingerprint density at radius 1 is 0.520 bits per heavy atom. The molecule has 0 aromatic heterocycles. The minimum absolute atomic E-state index is 0.108. The van der Waals surface area contributed by atoms with Gasteiger partial charge in [0.25, 0.3) is 0 Å². The molecule has 0 radical (unpaired) electrons. The Morgan fingerprint density at radius 2 is 1.12 bits per heavy atom. The summed E-state index contributed by atoms with van der Waals surface area (Å²) in [5.41, 5.74) is -2.16. The van der Waals surface area contributed by atoms with Crippen LogP contribution < -0.4 is 0 Å². The smallest absolute Gasteiger partial charge is 0.187 e. The summed E-state index contributed by atoms with van der Waals surface area (Å²) in [5, 5.41) is 142. The van der Waals surface area contributed by atoms with E-state index in [4.69, 9.17) is 42.6 Å². The van der Waals surface area contributed by atoms with E-state index in [1.54, 1.807) is 0 Å². The third kappa shape index (κ3) is 8.62. The SMILES string of the molecule is C[C@@H]1O[C@@H](O[C@H]2[C@H](O[C@H]3CO[C@@H](O[C@H]4CC[C@@]5(C)[C@H]6CC[C@]78OC[C@@]9(CC[C@@](C)(CO)C[C@H]97)[C@H](O)C[C@@]8(C)[C@]6(C)CC[C@H]5C4(C)C)[C@H](O[C@@H]4O[C@H](CO)[C@H](O)[C@H](O)[C@H]4O)[C@H]3O)O[C@H](CO)[C@H](O)[C@@H]2O)[C@H](O)[C@H](O)[C@H]1O. The fraction of sp³-hybridized carbons (Fsp3) is 1.00. The summed E-state index contributed by atoms with van der Waals surface area (Å²) in [6, 6.07) is 0. The predicted molar refractivity (Wildman–Crippen MR) is 256 cm³/mol. The highest BCUT2D eigenvalue weighted by Gasteiger charge is 2.80. The Bertz CT molecular complexity index is 2020. The Kier molecular flexibility index (Phi) is 15.5. The van der Waals surface area contributed by atoms with Crippen molar-refractivity contribution in [3.05, 3.63) is 0 Å². The van der Waals surface area contributed by atoms with Gasteiger partial charge in [0.2, 0.25) is 0 Å². The van der Waals surface area contributed by atoms with Gasteiger partial charge in [-0.3, -0.25) is 0 Å². The van der Waals surface area contributed by atoms with Crippen LogP contribution in [0.15, 0.2) is 0 Å². The number of aliphatic hydroxyl groups excluding tert-OH is 13. The van der Waals surface area contributed by atoms with Crippen molar-refractivity contribution < 1.29 is 109 Å². The molecule has 5 heterocycles. The van der Waals surface area contributed by atoms with Crippen molar-refractivity contribution in [1.82, 2.24) is 0 Å². The van der Waals surface area contributed by atoms with E-state index in [-0.39, 0.29) is 51.4 Å². The fourth-order valence-corrected chi connectivity index (χ4v) is 17.7. The van der Waals surface area contributed by atoms with E-state index in [0.29, 0.717) is 19.4 Å². The summed E-state index contributed by atoms with van der Waals surface area (Å²) in [6.45, 7) is 13.9. The fourth-order valence-electron chi connectivity index (χ4n) is 17.7. The van der Waals surface area contributed by atoms with Crippen LogP contribution in [0.1, 0.15) is 113 Å². The maximum Gasteiger partial charge on any atom is 0.187 e. The van der Waals surface area contributed by atoms with Crippen LogP contribution in [0.2, 0.25) is 0 Å². The van der Waals surface area contributed by atoms with Crippen molar-refractivity contribution in [1.29, 1.82) is 0 Å². The molecule has 30 atom stereocenters. The molecule has 5 aliphatic carbocycles. The molecular weight excluding hydrogens is 989 g/mol. The molecule has 10 fully saturated rings. The second-order valence-corrected chi connectivity index (χ2v) is 26.4. The maximum atomic E-state index is 12.4. The van der Waals surface area contributed by atoms with Crippen LogP contribution in [0.5, 0.6) is 0 Å². The molecule has 0 amide bonds. The third-order valence-corrected chi connectivity index (χ3v) is 22.5. The van der Waals surface area contributed by atoms with Gasteiger partial charge in [0.15, 0.2) is 25.2 Å². The number of rotatable bonds is 11. The number of aliphatic hydroxyl groups is 13. The van der Waals surface area contributed by atoms with Crippen molar-refractivity contribution in [3.8, 4) is 0 Å². The van der Waals surface area contributed by atoms with Crippen LogP contribution in [-0.2, 0) is 42.6 Å². The van der Waals surface area contributed by atoms with Crippen molar-refractivity contribution in [2.75, 3.05) is 33.0 Å². The minimum atomic E-state index is -1.88. The summed E-state index contributed by atoms with van der Waals surface area (Å²) in [5.74, 6) is 0.556. The molecule has 1 spiro atoms. The van der Waals surface area contributed by atoms with Crippen LogP contribution in [0.3, 0.4) is 0 Å². The molecule has 10 rings (SSSR count). The lowest BCUT2D eigenvalue weighted by Crippen LogP contribution is -2.74. The van der Waals surface area contributed by atoms with Crippen LogP contribution in [0, 0.1) is 50.2 Å². The molecule has 5 aliphatic heterocycles. The van der Waals surface area contributed by atoms with Crippen molar-refractivity contribution >= 4 is 0 Å². The van der Waals surface area contributed by atoms with E-state index in [1.165, 1.54) is 6.92 Å². The van der Waals surface area contributed by atoms with Crippen molar-refractivity contribution in [2.24, 2.45) is 50.2 Å². The molecule has 0 aromatic carbocycles. The molecule has 22 heteroatoms. The van der Waals surface area contributed by atoms with Gasteiger partial charge in [-0.2, -0.15) is 0 Å². The maximum absolute atomic E-state index is 12.4. The highest BCUT2D eigenvalue weighted by Crippen LogP contribution is 2.80. The van der Waals surface area contributed by atoms with Gasteiger partial charge >= 0.3 is 0 Å².